The van der Waals surface area contributed by atoms with Crippen LogP contribution in [0.2, 0.25) is 0 Å². The third kappa shape index (κ3) is 1.36. The summed E-state index contributed by atoms with van der Waals surface area (Å²) in [6.45, 7) is 3.32. The fourth-order valence-corrected chi connectivity index (χ4v) is 0.844. The highest BCUT2D eigenvalue weighted by atomic mass is 79.9. The molecule has 1 aromatic heterocycles. The van der Waals surface area contributed by atoms with Crippen LogP contribution in [0, 0.1) is 0 Å². The van der Waals surface area contributed by atoms with Crippen molar-refractivity contribution in [1.82, 2.24) is 0 Å². The molecule has 0 aliphatic carbocycles. The molecule has 0 saturated heterocycles. The van der Waals surface area contributed by atoms with Crippen molar-refractivity contribution in [3.63, 3.8) is 0 Å². The summed E-state index contributed by atoms with van der Waals surface area (Å²) in [5.74, 6) is 0.104. The molecule has 1 heterocycles. The van der Waals surface area contributed by atoms with Crippen LogP contribution in [-0.2, 0) is 0 Å². The van der Waals surface area contributed by atoms with Crippen LogP contribution in [0.3, 0.4) is 0 Å². The van der Waals surface area contributed by atoms with Crippen LogP contribution in [0.15, 0.2) is 33.9 Å². The Balaban J connectivity index is 2.95. The molecular weight excluding hydrogens is 196 g/mol. The molecule has 0 bridgehead atoms. The number of halogens is 1. The Hall–Kier alpha value is -0.830. The molecule has 0 radical (unpaired) electrons. The third-order valence-corrected chi connectivity index (χ3v) is 1.41. The maximum atomic E-state index is 10.8. The van der Waals surface area contributed by atoms with E-state index in [1.807, 2.05) is 0 Å². The van der Waals surface area contributed by atoms with Gasteiger partial charge in [-0.1, -0.05) is 6.58 Å². The summed E-state index contributed by atoms with van der Waals surface area (Å²) in [5.41, 5.74) is 0. The van der Waals surface area contributed by atoms with E-state index in [0.29, 0.717) is 5.76 Å². The van der Waals surface area contributed by atoms with Gasteiger partial charge in [-0.15, -0.1) is 0 Å². The molecule has 52 valence electrons. The smallest absolute Gasteiger partial charge is 0.220 e. The van der Waals surface area contributed by atoms with E-state index in [-0.39, 0.29) is 5.78 Å². The van der Waals surface area contributed by atoms with Gasteiger partial charge in [0.1, 0.15) is 6.26 Å². The Kier molecular flexibility index (Phi) is 2.06. The third-order valence-electron chi connectivity index (χ3n) is 0.996. The molecule has 3 heteroatoms. The Bertz CT molecular complexity index is 262. The molecule has 1 rings (SSSR count). The van der Waals surface area contributed by atoms with Crippen molar-refractivity contribution in [2.75, 3.05) is 0 Å². The Morgan fingerprint density at radius 1 is 1.80 bits per heavy atom. The topological polar surface area (TPSA) is 30.2 Å². The van der Waals surface area contributed by atoms with Crippen LogP contribution < -0.4 is 0 Å². The first-order chi connectivity index (χ1) is 4.74. The molecule has 0 amide bonds. The van der Waals surface area contributed by atoms with Gasteiger partial charge in [0, 0.05) is 6.07 Å². The summed E-state index contributed by atoms with van der Waals surface area (Å²) >= 11 is 3.15. The first-order valence-electron chi connectivity index (χ1n) is 2.65. The zero-order valence-electron chi connectivity index (χ0n) is 5.13. The van der Waals surface area contributed by atoms with Crippen molar-refractivity contribution in [1.29, 1.82) is 0 Å². The van der Waals surface area contributed by atoms with Gasteiger partial charge in [0.2, 0.25) is 5.78 Å². The van der Waals surface area contributed by atoms with E-state index in [1.54, 1.807) is 6.07 Å². The standard InChI is InChI=1S/C7H5BrO2/c1-2-6(9)7-3-5(8)4-10-7/h2-4H,1H2. The highest BCUT2D eigenvalue weighted by molar-refractivity contribution is 9.10. The lowest BCUT2D eigenvalue weighted by Crippen LogP contribution is -1.88. The van der Waals surface area contributed by atoms with E-state index in [9.17, 15) is 4.79 Å². The normalized spacial score (nSPS) is 9.30. The van der Waals surface area contributed by atoms with Crippen molar-refractivity contribution < 1.29 is 9.21 Å². The van der Waals surface area contributed by atoms with Crippen molar-refractivity contribution in [3.05, 3.63) is 35.2 Å². The minimum Gasteiger partial charge on any atom is -0.460 e. The monoisotopic (exact) mass is 200 g/mol. The molecule has 0 N–H and O–H groups in total. The number of carbonyl (C=O) groups excluding carboxylic acids is 1. The first-order valence-corrected chi connectivity index (χ1v) is 3.44. The van der Waals surface area contributed by atoms with Crippen molar-refractivity contribution in [2.45, 2.75) is 0 Å². The van der Waals surface area contributed by atoms with Gasteiger partial charge in [-0.25, -0.2) is 0 Å². The fourth-order valence-electron chi connectivity index (χ4n) is 0.543. The van der Waals surface area contributed by atoms with E-state index >= 15 is 0 Å². The van der Waals surface area contributed by atoms with Crippen LogP contribution >= 0.6 is 15.9 Å². The summed E-state index contributed by atoms with van der Waals surface area (Å²) < 4.78 is 5.61. The summed E-state index contributed by atoms with van der Waals surface area (Å²) in [4.78, 5) is 10.8. The highest BCUT2D eigenvalue weighted by Crippen LogP contribution is 2.14. The van der Waals surface area contributed by atoms with Crippen LogP contribution in [0.5, 0.6) is 0 Å². The van der Waals surface area contributed by atoms with Crippen LogP contribution in [0.1, 0.15) is 10.6 Å². The molecule has 0 fully saturated rings. The molecule has 0 aliphatic rings. The van der Waals surface area contributed by atoms with Crippen LogP contribution in [0.25, 0.3) is 0 Å². The van der Waals surface area contributed by atoms with Crippen LogP contribution in [-0.4, -0.2) is 5.78 Å². The Morgan fingerprint density at radius 3 is 2.90 bits per heavy atom. The molecule has 0 aliphatic heterocycles. The van der Waals surface area contributed by atoms with E-state index in [1.165, 1.54) is 12.3 Å². The lowest BCUT2D eigenvalue weighted by Gasteiger charge is -1.82. The second-order valence-corrected chi connectivity index (χ2v) is 2.61. The molecule has 0 spiro atoms. The lowest BCUT2D eigenvalue weighted by atomic mass is 10.3. The molecule has 10 heavy (non-hydrogen) atoms. The first kappa shape index (κ1) is 7.28. The van der Waals surface area contributed by atoms with E-state index in [0.717, 1.165) is 4.47 Å². The highest BCUT2D eigenvalue weighted by Gasteiger charge is 2.04. The summed E-state index contributed by atoms with van der Waals surface area (Å²) in [5, 5.41) is 0. The van der Waals surface area contributed by atoms with Gasteiger partial charge in [0.05, 0.1) is 4.47 Å². The number of ketones is 1. The predicted octanol–water partition coefficient (Wildman–Crippen LogP) is 2.41. The molecule has 0 atom stereocenters. The quantitative estimate of drug-likeness (QED) is 0.543. The number of hydrogen-bond acceptors (Lipinski definition) is 2. The number of allylic oxidation sites excluding steroid dienone is 1. The largest absolute Gasteiger partial charge is 0.460 e. The minimum atomic E-state index is -0.203. The zero-order valence-corrected chi connectivity index (χ0v) is 6.72. The predicted molar refractivity (Wildman–Crippen MR) is 40.9 cm³/mol. The SMILES string of the molecule is C=CC(=O)c1cc(Br)co1. The number of carbonyl (C=O) groups is 1. The van der Waals surface area contributed by atoms with Gasteiger partial charge in [0.15, 0.2) is 5.76 Å². The average molecular weight is 201 g/mol. The van der Waals surface area contributed by atoms with Gasteiger partial charge in [0.25, 0.3) is 0 Å². The van der Waals surface area contributed by atoms with Gasteiger partial charge >= 0.3 is 0 Å². The molecule has 0 saturated carbocycles. The van der Waals surface area contributed by atoms with Crippen LogP contribution in [0.4, 0.5) is 0 Å². The minimum absolute atomic E-state index is 0.203. The summed E-state index contributed by atoms with van der Waals surface area (Å²) in [6, 6.07) is 1.60. The zero-order chi connectivity index (χ0) is 7.56. The van der Waals surface area contributed by atoms with E-state index in [2.05, 4.69) is 22.5 Å². The molecule has 2 nitrogen and oxygen atoms in total. The molecule has 1 aromatic rings. The summed E-state index contributed by atoms with van der Waals surface area (Å²) in [6.07, 6.45) is 2.67. The summed E-state index contributed by atoms with van der Waals surface area (Å²) in [7, 11) is 0. The van der Waals surface area contributed by atoms with E-state index < -0.39 is 0 Å². The average Bonchev–Trinajstić information content (AvgIpc) is 2.34. The van der Waals surface area contributed by atoms with Gasteiger partial charge in [-0.05, 0) is 22.0 Å². The molecule has 0 aromatic carbocycles. The number of hydrogen-bond donors (Lipinski definition) is 0. The van der Waals surface area contributed by atoms with Crippen molar-refractivity contribution in [2.24, 2.45) is 0 Å². The van der Waals surface area contributed by atoms with E-state index in [4.69, 9.17) is 4.42 Å². The van der Waals surface area contributed by atoms with Gasteiger partial charge in [-0.3, -0.25) is 4.79 Å². The van der Waals surface area contributed by atoms with Crippen molar-refractivity contribution >= 4 is 21.7 Å². The second kappa shape index (κ2) is 2.84. The second-order valence-electron chi connectivity index (χ2n) is 1.70. The molecular formula is C7H5BrO2. The number of rotatable bonds is 2. The molecule has 0 unspecified atom stereocenters. The maximum absolute atomic E-state index is 10.8. The Labute approximate surface area is 66.7 Å². The Morgan fingerprint density at radius 2 is 2.50 bits per heavy atom. The fraction of sp³-hybridized carbons (Fsp3) is 0. The van der Waals surface area contributed by atoms with Gasteiger partial charge < -0.3 is 4.42 Å². The maximum Gasteiger partial charge on any atom is 0.220 e. The number of furan rings is 1. The van der Waals surface area contributed by atoms with Gasteiger partial charge in [-0.2, -0.15) is 0 Å². The van der Waals surface area contributed by atoms with Crippen molar-refractivity contribution in [3.8, 4) is 0 Å². The lowest BCUT2D eigenvalue weighted by molar-refractivity contribution is 0.102.